The summed E-state index contributed by atoms with van der Waals surface area (Å²) in [7, 11) is 3.54. The molecular weight excluding hydrogens is 382 g/mol. The molecule has 2 heterocycles. The lowest BCUT2D eigenvalue weighted by molar-refractivity contribution is -0.138. The first kappa shape index (κ1) is 22.2. The van der Waals surface area contributed by atoms with Gasteiger partial charge in [0.1, 0.15) is 5.75 Å². The molecule has 0 aliphatic carbocycles. The molecule has 154 valence electrons. The van der Waals surface area contributed by atoms with Crippen molar-refractivity contribution < 1.29 is 19.1 Å². The van der Waals surface area contributed by atoms with E-state index >= 15 is 0 Å². The van der Waals surface area contributed by atoms with Crippen LogP contribution in [0.25, 0.3) is 11.3 Å². The zero-order chi connectivity index (χ0) is 19.2. The van der Waals surface area contributed by atoms with Crippen LogP contribution in [0.3, 0.4) is 0 Å². The number of aliphatic carboxylic acids is 1. The predicted molar refractivity (Wildman–Crippen MR) is 109 cm³/mol. The van der Waals surface area contributed by atoms with E-state index < -0.39 is 5.97 Å². The fourth-order valence-corrected chi connectivity index (χ4v) is 3.54. The first-order valence-corrected chi connectivity index (χ1v) is 9.28. The molecular formula is C20H28ClN3O4. The molecule has 8 heteroatoms. The molecule has 0 spiro atoms. The number of aromatic nitrogens is 1. The molecule has 2 aromatic rings. The van der Waals surface area contributed by atoms with E-state index in [9.17, 15) is 4.79 Å². The third-order valence-corrected chi connectivity index (χ3v) is 5.09. The van der Waals surface area contributed by atoms with Gasteiger partial charge in [0, 0.05) is 18.2 Å². The summed E-state index contributed by atoms with van der Waals surface area (Å²) in [6.45, 7) is 2.65. The summed E-state index contributed by atoms with van der Waals surface area (Å²) in [5, 5.41) is 8.98. The molecule has 3 rings (SSSR count). The number of carboxylic acids is 1. The van der Waals surface area contributed by atoms with Crippen molar-refractivity contribution >= 4 is 18.4 Å². The highest BCUT2D eigenvalue weighted by Gasteiger charge is 2.22. The summed E-state index contributed by atoms with van der Waals surface area (Å²) in [5.74, 6) is 1.50. The van der Waals surface area contributed by atoms with Crippen molar-refractivity contribution in [3.8, 4) is 17.1 Å². The minimum Gasteiger partial charge on any atom is -0.497 e. The number of carbonyl (C=O) groups is 1. The third kappa shape index (κ3) is 5.95. The number of carboxylic acid groups (broad SMARTS) is 1. The SMILES string of the molecule is COc1ccc(-c2cnc(CN3CCCC(N(C)CC(=O)O)CC3)o2)cc1.Cl. The molecule has 1 unspecified atom stereocenters. The van der Waals surface area contributed by atoms with Crippen molar-refractivity contribution in [1.29, 1.82) is 0 Å². The van der Waals surface area contributed by atoms with Crippen LogP contribution in [0, 0.1) is 0 Å². The fourth-order valence-electron chi connectivity index (χ4n) is 3.54. The number of methoxy groups -OCH3 is 1. The number of nitrogens with zero attached hydrogens (tertiary/aromatic N) is 3. The third-order valence-electron chi connectivity index (χ3n) is 5.09. The van der Waals surface area contributed by atoms with E-state index in [0.29, 0.717) is 18.5 Å². The normalized spacial score (nSPS) is 17.8. The number of oxazole rings is 1. The second-order valence-electron chi connectivity index (χ2n) is 7.02. The van der Waals surface area contributed by atoms with Crippen LogP contribution in [0.4, 0.5) is 0 Å². The van der Waals surface area contributed by atoms with E-state index in [1.165, 1.54) is 0 Å². The van der Waals surface area contributed by atoms with Crippen LogP contribution in [0.1, 0.15) is 25.2 Å². The smallest absolute Gasteiger partial charge is 0.317 e. The maximum atomic E-state index is 10.9. The van der Waals surface area contributed by atoms with Gasteiger partial charge in [0.15, 0.2) is 5.76 Å². The minimum absolute atomic E-state index is 0. The Hall–Kier alpha value is -2.09. The number of rotatable bonds is 7. The Morgan fingerprint density at radius 2 is 2.07 bits per heavy atom. The molecule has 1 aromatic carbocycles. The molecule has 1 atom stereocenters. The van der Waals surface area contributed by atoms with Gasteiger partial charge < -0.3 is 14.3 Å². The molecule has 1 aliphatic rings. The lowest BCUT2D eigenvalue weighted by Gasteiger charge is -2.25. The van der Waals surface area contributed by atoms with Gasteiger partial charge in [-0.05, 0) is 57.1 Å². The van der Waals surface area contributed by atoms with Gasteiger partial charge in [-0.2, -0.15) is 0 Å². The molecule has 0 saturated carbocycles. The van der Waals surface area contributed by atoms with Crippen molar-refractivity contribution in [2.24, 2.45) is 0 Å². The average Bonchev–Trinajstić information content (AvgIpc) is 2.99. The lowest BCUT2D eigenvalue weighted by Crippen LogP contribution is -2.36. The number of halogens is 1. The topological polar surface area (TPSA) is 79.0 Å². The van der Waals surface area contributed by atoms with E-state index in [1.54, 1.807) is 13.3 Å². The lowest BCUT2D eigenvalue weighted by atomic mass is 10.1. The Morgan fingerprint density at radius 1 is 1.32 bits per heavy atom. The van der Waals surface area contributed by atoms with E-state index in [2.05, 4.69) is 9.88 Å². The summed E-state index contributed by atoms with van der Waals surface area (Å²) >= 11 is 0. The Balaban J connectivity index is 0.00000280. The molecule has 0 bridgehead atoms. The first-order chi connectivity index (χ1) is 13.0. The Kier molecular flexibility index (Phi) is 8.29. The van der Waals surface area contributed by atoms with Crippen LogP contribution in [-0.4, -0.2) is 65.7 Å². The number of hydrogen-bond acceptors (Lipinski definition) is 6. The Morgan fingerprint density at radius 3 is 2.75 bits per heavy atom. The van der Waals surface area contributed by atoms with Crippen LogP contribution >= 0.6 is 12.4 Å². The van der Waals surface area contributed by atoms with Crippen molar-refractivity contribution in [2.45, 2.75) is 31.8 Å². The highest BCUT2D eigenvalue weighted by molar-refractivity contribution is 5.85. The van der Waals surface area contributed by atoms with Gasteiger partial charge in [-0.25, -0.2) is 4.98 Å². The summed E-state index contributed by atoms with van der Waals surface area (Å²) in [5.41, 5.74) is 0.973. The highest BCUT2D eigenvalue weighted by atomic mass is 35.5. The molecule has 1 N–H and O–H groups in total. The van der Waals surface area contributed by atoms with E-state index in [0.717, 1.165) is 49.4 Å². The van der Waals surface area contributed by atoms with Crippen LogP contribution in [0.2, 0.25) is 0 Å². The van der Waals surface area contributed by atoms with E-state index in [-0.39, 0.29) is 19.0 Å². The zero-order valence-corrected chi connectivity index (χ0v) is 17.2. The summed E-state index contributed by atoms with van der Waals surface area (Å²) in [6.07, 6.45) is 4.78. The maximum absolute atomic E-state index is 10.9. The quantitative estimate of drug-likeness (QED) is 0.752. The van der Waals surface area contributed by atoms with Gasteiger partial charge in [-0.1, -0.05) is 0 Å². The molecule has 1 aliphatic heterocycles. The van der Waals surface area contributed by atoms with Crippen molar-refractivity contribution in [3.05, 3.63) is 36.4 Å². The largest absolute Gasteiger partial charge is 0.497 e. The molecule has 1 aromatic heterocycles. The summed E-state index contributed by atoms with van der Waals surface area (Å²) < 4.78 is 11.1. The summed E-state index contributed by atoms with van der Waals surface area (Å²) in [6, 6.07) is 8.03. The second-order valence-corrected chi connectivity index (χ2v) is 7.02. The number of ether oxygens (including phenoxy) is 1. The number of likely N-dealkylation sites (tertiary alicyclic amines) is 1. The first-order valence-electron chi connectivity index (χ1n) is 9.28. The van der Waals surface area contributed by atoms with E-state index in [4.69, 9.17) is 14.3 Å². The Labute approximate surface area is 171 Å². The Bertz CT molecular complexity index is 750. The number of benzene rings is 1. The van der Waals surface area contributed by atoms with Gasteiger partial charge in [0.05, 0.1) is 26.4 Å². The molecule has 1 fully saturated rings. The monoisotopic (exact) mass is 409 g/mol. The number of likely N-dealkylation sites (N-methyl/N-ethyl adjacent to an activating group) is 1. The number of hydrogen-bond donors (Lipinski definition) is 1. The minimum atomic E-state index is -0.774. The van der Waals surface area contributed by atoms with Gasteiger partial charge in [-0.15, -0.1) is 12.4 Å². The summed E-state index contributed by atoms with van der Waals surface area (Å²) in [4.78, 5) is 19.6. The van der Waals surface area contributed by atoms with Crippen LogP contribution in [-0.2, 0) is 11.3 Å². The van der Waals surface area contributed by atoms with Crippen molar-refractivity contribution in [3.63, 3.8) is 0 Å². The van der Waals surface area contributed by atoms with E-state index in [1.807, 2.05) is 36.2 Å². The molecule has 1 saturated heterocycles. The molecule has 0 radical (unpaired) electrons. The average molecular weight is 410 g/mol. The fraction of sp³-hybridized carbons (Fsp3) is 0.500. The van der Waals surface area contributed by atoms with Gasteiger partial charge in [0.2, 0.25) is 5.89 Å². The van der Waals surface area contributed by atoms with Gasteiger partial charge in [-0.3, -0.25) is 14.6 Å². The standard InChI is InChI=1S/C20H27N3O4.ClH/c1-22(14-20(24)25)16-4-3-10-23(11-9-16)13-19-21-12-18(27-19)15-5-7-17(26-2)8-6-15;/h5-8,12,16H,3-4,9-11,13-14H2,1-2H3,(H,24,25);1H. The maximum Gasteiger partial charge on any atom is 0.317 e. The molecule has 28 heavy (non-hydrogen) atoms. The molecule has 7 nitrogen and oxygen atoms in total. The van der Waals surface area contributed by atoms with Crippen LogP contribution in [0.5, 0.6) is 5.75 Å². The van der Waals surface area contributed by atoms with Gasteiger partial charge >= 0.3 is 5.97 Å². The second kappa shape index (κ2) is 10.5. The van der Waals surface area contributed by atoms with Crippen molar-refractivity contribution in [2.75, 3.05) is 33.8 Å². The van der Waals surface area contributed by atoms with Gasteiger partial charge in [0.25, 0.3) is 0 Å². The van der Waals surface area contributed by atoms with Crippen LogP contribution in [0.15, 0.2) is 34.9 Å². The van der Waals surface area contributed by atoms with Crippen molar-refractivity contribution in [1.82, 2.24) is 14.8 Å². The predicted octanol–water partition coefficient (Wildman–Crippen LogP) is 3.14. The molecule has 0 amide bonds. The zero-order valence-electron chi connectivity index (χ0n) is 16.3. The van der Waals surface area contributed by atoms with Crippen LogP contribution < -0.4 is 4.74 Å². The highest BCUT2D eigenvalue weighted by Crippen LogP contribution is 2.24.